The van der Waals surface area contributed by atoms with E-state index in [1.165, 1.54) is 43.8 Å². The largest absolute Gasteiger partial charge is 0.255 e. The van der Waals surface area contributed by atoms with Crippen LogP contribution in [0.15, 0.2) is 188 Å². The van der Waals surface area contributed by atoms with Crippen LogP contribution in [0.5, 0.6) is 0 Å². The molecule has 3 aromatic heterocycles. The standard InChI is InChI=1S/C47H31N3/c1-3-13-32(14-4-1)37-29-44(42-21-11-12-28-48-42)50-45(30-37)43-27-26-36(31-49-43)33-22-24-35(25-23-33)47-40-19-9-7-17-38(40)46(34-15-5-2-6-16-34)39-18-8-10-20-41(39)47/h1-31H. The van der Waals surface area contributed by atoms with E-state index in [1.807, 2.05) is 30.5 Å². The minimum Gasteiger partial charge on any atom is -0.255 e. The smallest absolute Gasteiger partial charge is 0.0900 e. The van der Waals surface area contributed by atoms with E-state index in [-0.39, 0.29) is 0 Å². The minimum atomic E-state index is 0.812. The number of nitrogens with zero attached hydrogens (tertiary/aromatic N) is 3. The number of rotatable bonds is 6. The Morgan fingerprint density at radius 3 is 1.24 bits per heavy atom. The van der Waals surface area contributed by atoms with Gasteiger partial charge in [0.25, 0.3) is 0 Å². The van der Waals surface area contributed by atoms with Crippen LogP contribution < -0.4 is 0 Å². The van der Waals surface area contributed by atoms with E-state index < -0.39 is 0 Å². The van der Waals surface area contributed by atoms with Gasteiger partial charge in [0, 0.05) is 18.0 Å². The maximum Gasteiger partial charge on any atom is 0.0900 e. The van der Waals surface area contributed by atoms with E-state index in [0.717, 1.165) is 45.0 Å². The number of benzene rings is 6. The minimum absolute atomic E-state index is 0.812. The monoisotopic (exact) mass is 637 g/mol. The summed E-state index contributed by atoms with van der Waals surface area (Å²) in [5.74, 6) is 0. The molecular weight excluding hydrogens is 607 g/mol. The van der Waals surface area contributed by atoms with E-state index in [9.17, 15) is 0 Å². The molecule has 50 heavy (non-hydrogen) atoms. The Morgan fingerprint density at radius 1 is 0.280 bits per heavy atom. The van der Waals surface area contributed by atoms with Gasteiger partial charge >= 0.3 is 0 Å². The van der Waals surface area contributed by atoms with Gasteiger partial charge in [-0.15, -0.1) is 0 Å². The average Bonchev–Trinajstić information content (AvgIpc) is 3.21. The van der Waals surface area contributed by atoms with Crippen LogP contribution in [0.1, 0.15) is 0 Å². The predicted octanol–water partition coefficient (Wildman–Crippen LogP) is 12.2. The Balaban J connectivity index is 1.09. The number of fused-ring (bicyclic) bond motifs is 2. The molecule has 9 rings (SSSR count). The van der Waals surface area contributed by atoms with Gasteiger partial charge in [-0.2, -0.15) is 0 Å². The van der Waals surface area contributed by atoms with Crippen LogP contribution in [0.4, 0.5) is 0 Å². The lowest BCUT2D eigenvalue weighted by atomic mass is 9.86. The summed E-state index contributed by atoms with van der Waals surface area (Å²) in [4.78, 5) is 14.5. The van der Waals surface area contributed by atoms with Crippen molar-refractivity contribution in [2.24, 2.45) is 0 Å². The van der Waals surface area contributed by atoms with Gasteiger partial charge in [0.15, 0.2) is 0 Å². The lowest BCUT2D eigenvalue weighted by Gasteiger charge is -2.18. The fourth-order valence-electron chi connectivity index (χ4n) is 7.01. The van der Waals surface area contributed by atoms with Gasteiger partial charge in [-0.1, -0.05) is 146 Å². The van der Waals surface area contributed by atoms with Crippen molar-refractivity contribution in [1.29, 1.82) is 0 Å². The zero-order chi connectivity index (χ0) is 33.3. The molecule has 0 atom stereocenters. The zero-order valence-corrected chi connectivity index (χ0v) is 27.2. The molecule has 0 aliphatic carbocycles. The van der Waals surface area contributed by atoms with Crippen LogP contribution in [0.25, 0.3) is 88.8 Å². The summed E-state index contributed by atoms with van der Waals surface area (Å²) < 4.78 is 0. The molecule has 234 valence electrons. The molecule has 0 saturated carbocycles. The highest BCUT2D eigenvalue weighted by molar-refractivity contribution is 6.21. The van der Waals surface area contributed by atoms with Crippen LogP contribution in [-0.2, 0) is 0 Å². The van der Waals surface area contributed by atoms with Gasteiger partial charge in [-0.3, -0.25) is 9.97 Å². The highest BCUT2D eigenvalue weighted by atomic mass is 14.8. The zero-order valence-electron chi connectivity index (χ0n) is 27.2. The summed E-state index contributed by atoms with van der Waals surface area (Å²) >= 11 is 0. The molecule has 0 aliphatic rings. The molecule has 0 fully saturated rings. The Hall–Kier alpha value is -6.71. The third-order valence-electron chi connectivity index (χ3n) is 9.39. The molecule has 0 aliphatic heterocycles. The maximum atomic E-state index is 5.00. The molecule has 0 N–H and O–H groups in total. The molecule has 9 aromatic rings. The summed E-state index contributed by atoms with van der Waals surface area (Å²) in [6.45, 7) is 0. The topological polar surface area (TPSA) is 38.7 Å². The van der Waals surface area contributed by atoms with Crippen molar-refractivity contribution in [1.82, 2.24) is 15.0 Å². The number of hydrogen-bond donors (Lipinski definition) is 0. The second kappa shape index (κ2) is 12.7. The fourth-order valence-corrected chi connectivity index (χ4v) is 7.01. The molecule has 6 aromatic carbocycles. The van der Waals surface area contributed by atoms with E-state index in [4.69, 9.17) is 9.97 Å². The maximum absolute atomic E-state index is 5.00. The quantitative estimate of drug-likeness (QED) is 0.170. The van der Waals surface area contributed by atoms with Crippen molar-refractivity contribution >= 4 is 21.5 Å². The number of pyridine rings is 3. The van der Waals surface area contributed by atoms with Gasteiger partial charge < -0.3 is 0 Å². The SMILES string of the molecule is c1ccc(-c2cc(-c3ccccn3)nc(-c3ccc(-c4ccc(-c5c6ccccc6c(-c6ccccc6)c6ccccc56)cc4)cn3)c2)cc1. The van der Waals surface area contributed by atoms with Crippen molar-refractivity contribution in [3.63, 3.8) is 0 Å². The third kappa shape index (κ3) is 5.41. The summed E-state index contributed by atoms with van der Waals surface area (Å²) in [7, 11) is 0. The molecule has 0 amide bonds. The van der Waals surface area contributed by atoms with E-state index in [0.29, 0.717) is 0 Å². The van der Waals surface area contributed by atoms with Gasteiger partial charge in [-0.05, 0) is 90.8 Å². The molecule has 0 saturated heterocycles. The van der Waals surface area contributed by atoms with Crippen LogP contribution in [-0.4, -0.2) is 15.0 Å². The first kappa shape index (κ1) is 29.4. The van der Waals surface area contributed by atoms with E-state index in [1.54, 1.807) is 6.20 Å². The lowest BCUT2D eigenvalue weighted by Crippen LogP contribution is -1.94. The molecule has 0 unspecified atom stereocenters. The molecule has 3 heterocycles. The van der Waals surface area contributed by atoms with Crippen molar-refractivity contribution in [2.75, 3.05) is 0 Å². The second-order valence-electron chi connectivity index (χ2n) is 12.4. The van der Waals surface area contributed by atoms with Gasteiger partial charge in [-0.25, -0.2) is 4.98 Å². The number of aromatic nitrogens is 3. The fraction of sp³-hybridized carbons (Fsp3) is 0. The van der Waals surface area contributed by atoms with Crippen LogP contribution >= 0.6 is 0 Å². The Labute approximate surface area is 291 Å². The number of hydrogen-bond acceptors (Lipinski definition) is 3. The normalized spacial score (nSPS) is 11.2. The second-order valence-corrected chi connectivity index (χ2v) is 12.4. The van der Waals surface area contributed by atoms with Crippen molar-refractivity contribution < 1.29 is 0 Å². The first-order valence-electron chi connectivity index (χ1n) is 16.9. The van der Waals surface area contributed by atoms with E-state index >= 15 is 0 Å². The van der Waals surface area contributed by atoms with Crippen molar-refractivity contribution in [3.05, 3.63) is 188 Å². The summed E-state index contributed by atoms with van der Waals surface area (Å²) in [6.07, 6.45) is 3.75. The first-order valence-corrected chi connectivity index (χ1v) is 16.9. The van der Waals surface area contributed by atoms with Gasteiger partial charge in [0.2, 0.25) is 0 Å². The summed E-state index contributed by atoms with van der Waals surface area (Å²) in [5, 5.41) is 5.01. The molecular formula is C47H31N3. The summed E-state index contributed by atoms with van der Waals surface area (Å²) in [6, 6.07) is 61.8. The first-order chi connectivity index (χ1) is 24.8. The van der Waals surface area contributed by atoms with Crippen LogP contribution in [0, 0.1) is 0 Å². The van der Waals surface area contributed by atoms with Gasteiger partial charge in [0.1, 0.15) is 0 Å². The molecule has 0 radical (unpaired) electrons. The lowest BCUT2D eigenvalue weighted by molar-refractivity contribution is 1.22. The molecule has 3 nitrogen and oxygen atoms in total. The van der Waals surface area contributed by atoms with Crippen molar-refractivity contribution in [2.45, 2.75) is 0 Å². The summed E-state index contributed by atoms with van der Waals surface area (Å²) in [5.41, 5.74) is 12.6. The molecule has 0 spiro atoms. The average molecular weight is 638 g/mol. The predicted molar refractivity (Wildman–Crippen MR) is 207 cm³/mol. The van der Waals surface area contributed by atoms with Crippen LogP contribution in [0.2, 0.25) is 0 Å². The molecule has 0 bridgehead atoms. The van der Waals surface area contributed by atoms with Crippen LogP contribution in [0.3, 0.4) is 0 Å². The van der Waals surface area contributed by atoms with Gasteiger partial charge in [0.05, 0.1) is 22.8 Å². The Kier molecular flexibility index (Phi) is 7.49. The Bertz CT molecular complexity index is 2480. The van der Waals surface area contributed by atoms with Crippen molar-refractivity contribution in [3.8, 4) is 67.3 Å². The highest BCUT2D eigenvalue weighted by Crippen LogP contribution is 2.43. The highest BCUT2D eigenvalue weighted by Gasteiger charge is 2.17. The Morgan fingerprint density at radius 2 is 0.720 bits per heavy atom. The van der Waals surface area contributed by atoms with E-state index in [2.05, 4.69) is 157 Å². The molecule has 3 heteroatoms. The third-order valence-corrected chi connectivity index (χ3v) is 9.39.